The number of amides is 1. The summed E-state index contributed by atoms with van der Waals surface area (Å²) in [5, 5.41) is 3.38. The van der Waals surface area contributed by atoms with Crippen molar-refractivity contribution in [3.63, 3.8) is 0 Å². The zero-order valence-electron chi connectivity index (χ0n) is 10.3. The Balaban J connectivity index is 1.99. The van der Waals surface area contributed by atoms with Gasteiger partial charge in [-0.15, -0.1) is 0 Å². The maximum absolute atomic E-state index is 11.9. The highest BCUT2D eigenvalue weighted by molar-refractivity contribution is 6.35. The van der Waals surface area contributed by atoms with Crippen LogP contribution >= 0.6 is 23.2 Å². The Labute approximate surface area is 121 Å². The summed E-state index contributed by atoms with van der Waals surface area (Å²) >= 11 is 11.7. The number of benzene rings is 1. The second-order valence-electron chi connectivity index (χ2n) is 4.45. The molecule has 1 aromatic carbocycles. The molecule has 0 spiro atoms. The third-order valence-electron chi connectivity index (χ3n) is 2.73. The maximum Gasteiger partial charge on any atom is 0.340 e. The van der Waals surface area contributed by atoms with Gasteiger partial charge in [0.15, 0.2) is 6.10 Å². The van der Waals surface area contributed by atoms with Gasteiger partial charge in [-0.2, -0.15) is 0 Å². The molecule has 0 radical (unpaired) electrons. The van der Waals surface area contributed by atoms with Gasteiger partial charge in [-0.25, -0.2) is 4.79 Å². The molecule has 2 rings (SSSR count). The van der Waals surface area contributed by atoms with Gasteiger partial charge in [-0.05, 0) is 38.0 Å². The molecule has 0 heterocycles. The first kappa shape index (κ1) is 14.2. The van der Waals surface area contributed by atoms with Gasteiger partial charge in [0.05, 0.1) is 10.6 Å². The number of carbonyl (C=O) groups excluding carboxylic acids is 2. The molecule has 102 valence electrons. The van der Waals surface area contributed by atoms with Crippen molar-refractivity contribution in [1.82, 2.24) is 5.32 Å². The Kier molecular flexibility index (Phi) is 4.32. The molecule has 6 heteroatoms. The number of rotatable bonds is 4. The molecular weight excluding hydrogens is 289 g/mol. The summed E-state index contributed by atoms with van der Waals surface area (Å²) in [6.45, 7) is 1.52. The number of hydrogen-bond acceptors (Lipinski definition) is 3. The summed E-state index contributed by atoms with van der Waals surface area (Å²) < 4.78 is 5.07. The second-order valence-corrected chi connectivity index (χ2v) is 5.30. The quantitative estimate of drug-likeness (QED) is 0.870. The fraction of sp³-hybridized carbons (Fsp3) is 0.385. The van der Waals surface area contributed by atoms with E-state index in [1.165, 1.54) is 19.1 Å². The van der Waals surface area contributed by atoms with Crippen molar-refractivity contribution >= 4 is 35.1 Å². The van der Waals surface area contributed by atoms with Crippen molar-refractivity contribution in [2.45, 2.75) is 31.9 Å². The van der Waals surface area contributed by atoms with E-state index in [1.54, 1.807) is 6.07 Å². The fourth-order valence-corrected chi connectivity index (χ4v) is 1.84. The minimum Gasteiger partial charge on any atom is -0.449 e. The molecular formula is C13H13Cl2NO3. The molecule has 0 bridgehead atoms. The van der Waals surface area contributed by atoms with Crippen LogP contribution in [0.5, 0.6) is 0 Å². The van der Waals surface area contributed by atoms with Crippen LogP contribution in [0.15, 0.2) is 18.2 Å². The third-order valence-corrected chi connectivity index (χ3v) is 3.29. The van der Waals surface area contributed by atoms with Crippen molar-refractivity contribution in [2.75, 3.05) is 0 Å². The highest BCUT2D eigenvalue weighted by atomic mass is 35.5. The monoisotopic (exact) mass is 301 g/mol. The topological polar surface area (TPSA) is 55.4 Å². The molecule has 1 amide bonds. The lowest BCUT2D eigenvalue weighted by Crippen LogP contribution is -2.37. The number of ether oxygens (including phenoxy) is 1. The lowest BCUT2D eigenvalue weighted by molar-refractivity contribution is -0.129. The molecule has 1 fully saturated rings. The minimum absolute atomic E-state index is 0.153. The van der Waals surface area contributed by atoms with Gasteiger partial charge in [-0.1, -0.05) is 23.2 Å². The molecule has 0 saturated heterocycles. The lowest BCUT2D eigenvalue weighted by atomic mass is 10.2. The summed E-state index contributed by atoms with van der Waals surface area (Å²) in [6, 6.07) is 4.72. The Bertz CT molecular complexity index is 515. The van der Waals surface area contributed by atoms with Crippen LogP contribution in [0, 0.1) is 0 Å². The third kappa shape index (κ3) is 3.85. The van der Waals surface area contributed by atoms with E-state index in [2.05, 4.69) is 5.32 Å². The summed E-state index contributed by atoms with van der Waals surface area (Å²) in [5.41, 5.74) is 0.153. The van der Waals surface area contributed by atoms with E-state index in [0.29, 0.717) is 5.02 Å². The van der Waals surface area contributed by atoms with Gasteiger partial charge in [0.25, 0.3) is 5.91 Å². The zero-order chi connectivity index (χ0) is 14.0. The van der Waals surface area contributed by atoms with Crippen LogP contribution in [0.4, 0.5) is 0 Å². The van der Waals surface area contributed by atoms with Crippen LogP contribution in [0.25, 0.3) is 0 Å². The van der Waals surface area contributed by atoms with Crippen LogP contribution in [0.2, 0.25) is 10.0 Å². The summed E-state index contributed by atoms with van der Waals surface area (Å²) in [5.74, 6) is -0.958. The van der Waals surface area contributed by atoms with Crippen molar-refractivity contribution in [2.24, 2.45) is 0 Å². The van der Waals surface area contributed by atoms with E-state index in [9.17, 15) is 9.59 Å². The predicted molar refractivity (Wildman–Crippen MR) is 72.5 cm³/mol. The van der Waals surface area contributed by atoms with E-state index < -0.39 is 12.1 Å². The Morgan fingerprint density at radius 2 is 2.05 bits per heavy atom. The standard InChI is InChI=1S/C13H13Cl2NO3/c1-7(12(17)16-9-3-4-9)19-13(18)10-6-8(14)2-5-11(10)15/h2,5-7,9H,3-4H2,1H3,(H,16,17)/t7-/m1/s1. The van der Waals surface area contributed by atoms with Crippen molar-refractivity contribution in [3.8, 4) is 0 Å². The van der Waals surface area contributed by atoms with E-state index in [1.807, 2.05) is 0 Å². The van der Waals surface area contributed by atoms with Crippen molar-refractivity contribution in [3.05, 3.63) is 33.8 Å². The van der Waals surface area contributed by atoms with Crippen molar-refractivity contribution < 1.29 is 14.3 Å². The molecule has 19 heavy (non-hydrogen) atoms. The van der Waals surface area contributed by atoms with E-state index in [4.69, 9.17) is 27.9 Å². The lowest BCUT2D eigenvalue weighted by Gasteiger charge is -2.13. The zero-order valence-corrected chi connectivity index (χ0v) is 11.8. The SMILES string of the molecule is C[C@@H](OC(=O)c1cc(Cl)ccc1Cl)C(=O)NC1CC1. The van der Waals surface area contributed by atoms with Crippen LogP contribution in [-0.4, -0.2) is 24.0 Å². The molecule has 0 aliphatic heterocycles. The average Bonchev–Trinajstić information content (AvgIpc) is 3.15. The van der Waals surface area contributed by atoms with Crippen LogP contribution in [0.3, 0.4) is 0 Å². The molecule has 1 aromatic rings. The molecule has 1 aliphatic carbocycles. The Morgan fingerprint density at radius 3 is 2.68 bits per heavy atom. The highest BCUT2D eigenvalue weighted by Gasteiger charge is 2.27. The van der Waals surface area contributed by atoms with E-state index in [0.717, 1.165) is 12.8 Å². The van der Waals surface area contributed by atoms with Gasteiger partial charge in [0.1, 0.15) is 0 Å². The summed E-state index contributed by atoms with van der Waals surface area (Å²) in [7, 11) is 0. The van der Waals surface area contributed by atoms with Gasteiger partial charge in [0, 0.05) is 11.1 Å². The van der Waals surface area contributed by atoms with Gasteiger partial charge in [0.2, 0.25) is 0 Å². The maximum atomic E-state index is 11.9. The normalized spacial score (nSPS) is 15.7. The Morgan fingerprint density at radius 1 is 1.37 bits per heavy atom. The molecule has 0 unspecified atom stereocenters. The van der Waals surface area contributed by atoms with Crippen LogP contribution < -0.4 is 5.32 Å². The molecule has 1 atom stereocenters. The van der Waals surface area contributed by atoms with Crippen LogP contribution in [-0.2, 0) is 9.53 Å². The first-order chi connectivity index (χ1) is 8.97. The molecule has 1 aliphatic rings. The smallest absolute Gasteiger partial charge is 0.340 e. The summed E-state index contributed by atoms with van der Waals surface area (Å²) in [4.78, 5) is 23.6. The number of carbonyl (C=O) groups is 2. The average molecular weight is 302 g/mol. The molecule has 1 N–H and O–H groups in total. The number of esters is 1. The number of halogens is 2. The molecule has 4 nitrogen and oxygen atoms in total. The first-order valence-electron chi connectivity index (χ1n) is 5.94. The van der Waals surface area contributed by atoms with Crippen molar-refractivity contribution in [1.29, 1.82) is 0 Å². The first-order valence-corrected chi connectivity index (χ1v) is 6.69. The predicted octanol–water partition coefficient (Wildman–Crippen LogP) is 2.82. The number of nitrogens with one attached hydrogen (secondary N) is 1. The Hall–Kier alpha value is -1.26. The van der Waals surface area contributed by atoms with Gasteiger partial charge in [-0.3, -0.25) is 4.79 Å². The largest absolute Gasteiger partial charge is 0.449 e. The summed E-state index contributed by atoms with van der Waals surface area (Å²) in [6.07, 6.45) is 1.10. The van der Waals surface area contributed by atoms with E-state index in [-0.39, 0.29) is 22.5 Å². The van der Waals surface area contributed by atoms with E-state index >= 15 is 0 Å². The highest BCUT2D eigenvalue weighted by Crippen LogP contribution is 2.22. The van der Waals surface area contributed by atoms with Gasteiger partial charge >= 0.3 is 5.97 Å². The fourth-order valence-electron chi connectivity index (χ4n) is 1.48. The molecule has 1 saturated carbocycles. The molecule has 0 aromatic heterocycles. The second kappa shape index (κ2) is 5.80. The van der Waals surface area contributed by atoms with Crippen LogP contribution in [0.1, 0.15) is 30.1 Å². The van der Waals surface area contributed by atoms with Gasteiger partial charge < -0.3 is 10.1 Å². The number of hydrogen-bond donors (Lipinski definition) is 1. The minimum atomic E-state index is -0.858.